The molecule has 0 heterocycles. The predicted octanol–water partition coefficient (Wildman–Crippen LogP) is 1.27. The minimum absolute atomic E-state index is 0.108. The maximum Gasteiger partial charge on any atom is 0.191 e. The molecule has 0 saturated heterocycles. The number of hydrogen-bond donors (Lipinski definition) is 3. The Hall–Kier alpha value is -0.810. The predicted molar refractivity (Wildman–Crippen MR) is 78.5 cm³/mol. The molecule has 5 heteroatoms. The lowest BCUT2D eigenvalue weighted by molar-refractivity contribution is 0.120. The van der Waals surface area contributed by atoms with Crippen molar-refractivity contribution in [2.45, 2.75) is 58.1 Å². The Morgan fingerprint density at radius 3 is 2.63 bits per heavy atom. The van der Waals surface area contributed by atoms with Gasteiger partial charge in [-0.15, -0.1) is 0 Å². The summed E-state index contributed by atoms with van der Waals surface area (Å²) in [6, 6.07) is 0.438. The Balaban J connectivity index is 2.28. The van der Waals surface area contributed by atoms with Crippen molar-refractivity contribution in [1.29, 1.82) is 0 Å². The molecular weight excluding hydrogens is 242 g/mol. The van der Waals surface area contributed by atoms with Crippen LogP contribution in [-0.4, -0.2) is 49.5 Å². The van der Waals surface area contributed by atoms with E-state index >= 15 is 0 Å². The van der Waals surface area contributed by atoms with Crippen molar-refractivity contribution in [3.05, 3.63) is 0 Å². The molecule has 0 aromatic heterocycles. The van der Waals surface area contributed by atoms with Gasteiger partial charge in [0.05, 0.1) is 6.10 Å². The Kier molecular flexibility index (Phi) is 8.58. The van der Waals surface area contributed by atoms with Gasteiger partial charge in [0.15, 0.2) is 5.96 Å². The van der Waals surface area contributed by atoms with E-state index in [1.165, 1.54) is 0 Å². The molecule has 0 aliphatic heterocycles. The standard InChI is InChI=1S/C14H29N3O2/c1-3-15-14(16-10-5-11-19-4-2)17-12-6-8-13(18)9-7-12/h12-13,18H,3-11H2,1-2H3,(H2,15,16,17). The molecule has 0 aromatic carbocycles. The van der Waals surface area contributed by atoms with Crippen LogP contribution < -0.4 is 10.6 Å². The second-order valence-corrected chi connectivity index (χ2v) is 4.96. The van der Waals surface area contributed by atoms with Gasteiger partial charge in [0.1, 0.15) is 0 Å². The molecule has 0 spiro atoms. The molecule has 0 radical (unpaired) electrons. The van der Waals surface area contributed by atoms with Crippen molar-refractivity contribution >= 4 is 5.96 Å². The van der Waals surface area contributed by atoms with Crippen LogP contribution in [0.2, 0.25) is 0 Å². The molecule has 1 rings (SSSR count). The van der Waals surface area contributed by atoms with E-state index in [2.05, 4.69) is 22.5 Å². The van der Waals surface area contributed by atoms with Crippen LogP contribution in [0.4, 0.5) is 0 Å². The second kappa shape index (κ2) is 10.0. The van der Waals surface area contributed by atoms with E-state index in [-0.39, 0.29) is 6.10 Å². The average Bonchev–Trinajstić information content (AvgIpc) is 2.41. The van der Waals surface area contributed by atoms with Crippen LogP contribution in [-0.2, 0) is 4.74 Å². The summed E-state index contributed by atoms with van der Waals surface area (Å²) in [6.45, 7) is 7.27. The van der Waals surface area contributed by atoms with Gasteiger partial charge in [-0.2, -0.15) is 0 Å². The monoisotopic (exact) mass is 271 g/mol. The average molecular weight is 271 g/mol. The van der Waals surface area contributed by atoms with Crippen LogP contribution in [0.15, 0.2) is 4.99 Å². The van der Waals surface area contributed by atoms with E-state index in [1.807, 2.05) is 6.92 Å². The van der Waals surface area contributed by atoms with Crippen LogP contribution >= 0.6 is 0 Å². The lowest BCUT2D eigenvalue weighted by Crippen LogP contribution is -2.45. The third-order valence-corrected chi connectivity index (χ3v) is 3.30. The number of aliphatic imine (C=N–C) groups is 1. The third kappa shape index (κ3) is 7.38. The van der Waals surface area contributed by atoms with Gasteiger partial charge in [-0.1, -0.05) is 0 Å². The highest BCUT2D eigenvalue weighted by atomic mass is 16.5. The Labute approximate surface area is 116 Å². The summed E-state index contributed by atoms with van der Waals surface area (Å²) in [5.74, 6) is 0.889. The first-order valence-corrected chi connectivity index (χ1v) is 7.56. The fourth-order valence-corrected chi connectivity index (χ4v) is 2.24. The van der Waals surface area contributed by atoms with Crippen molar-refractivity contribution in [2.24, 2.45) is 4.99 Å². The molecule has 1 fully saturated rings. The molecule has 5 nitrogen and oxygen atoms in total. The molecule has 0 amide bonds. The molecule has 1 saturated carbocycles. The first kappa shape index (κ1) is 16.2. The number of guanidine groups is 1. The smallest absolute Gasteiger partial charge is 0.191 e. The first-order chi connectivity index (χ1) is 9.26. The number of aliphatic hydroxyl groups is 1. The van der Waals surface area contributed by atoms with E-state index < -0.39 is 0 Å². The highest BCUT2D eigenvalue weighted by Crippen LogP contribution is 2.18. The van der Waals surface area contributed by atoms with Crippen LogP contribution in [0.3, 0.4) is 0 Å². The van der Waals surface area contributed by atoms with Crippen LogP contribution in [0.1, 0.15) is 46.0 Å². The largest absolute Gasteiger partial charge is 0.393 e. The summed E-state index contributed by atoms with van der Waals surface area (Å²) in [4.78, 5) is 4.55. The summed E-state index contributed by atoms with van der Waals surface area (Å²) >= 11 is 0. The zero-order valence-corrected chi connectivity index (χ0v) is 12.3. The topological polar surface area (TPSA) is 65.9 Å². The van der Waals surface area contributed by atoms with Crippen LogP contribution in [0.5, 0.6) is 0 Å². The van der Waals surface area contributed by atoms with Gasteiger partial charge in [0, 0.05) is 32.3 Å². The minimum atomic E-state index is -0.108. The van der Waals surface area contributed by atoms with E-state index in [4.69, 9.17) is 4.74 Å². The summed E-state index contributed by atoms with van der Waals surface area (Å²) in [7, 11) is 0. The van der Waals surface area contributed by atoms with E-state index in [9.17, 15) is 5.11 Å². The van der Waals surface area contributed by atoms with Crippen molar-refractivity contribution in [3.8, 4) is 0 Å². The van der Waals surface area contributed by atoms with Gasteiger partial charge in [0.2, 0.25) is 0 Å². The van der Waals surface area contributed by atoms with Gasteiger partial charge in [0.25, 0.3) is 0 Å². The highest BCUT2D eigenvalue weighted by Gasteiger charge is 2.19. The molecule has 1 aliphatic rings. The van der Waals surface area contributed by atoms with Crippen molar-refractivity contribution in [3.63, 3.8) is 0 Å². The van der Waals surface area contributed by atoms with E-state index in [1.54, 1.807) is 0 Å². The fourth-order valence-electron chi connectivity index (χ4n) is 2.24. The highest BCUT2D eigenvalue weighted by molar-refractivity contribution is 5.80. The third-order valence-electron chi connectivity index (χ3n) is 3.30. The number of ether oxygens (including phenoxy) is 1. The number of nitrogens with zero attached hydrogens (tertiary/aromatic N) is 1. The Bertz CT molecular complexity index is 251. The number of nitrogens with one attached hydrogen (secondary N) is 2. The lowest BCUT2D eigenvalue weighted by Gasteiger charge is -2.27. The Morgan fingerprint density at radius 2 is 2.00 bits per heavy atom. The number of aliphatic hydroxyl groups excluding tert-OH is 1. The first-order valence-electron chi connectivity index (χ1n) is 7.56. The molecule has 1 aliphatic carbocycles. The molecule has 19 heavy (non-hydrogen) atoms. The quantitative estimate of drug-likeness (QED) is 0.371. The molecule has 0 atom stereocenters. The summed E-state index contributed by atoms with van der Waals surface area (Å²) in [5, 5.41) is 16.2. The molecule has 0 aromatic rings. The molecular formula is C14H29N3O2. The zero-order valence-electron chi connectivity index (χ0n) is 12.3. The summed E-state index contributed by atoms with van der Waals surface area (Å²) in [6.07, 6.45) is 4.66. The van der Waals surface area contributed by atoms with Gasteiger partial charge in [-0.25, -0.2) is 0 Å². The van der Waals surface area contributed by atoms with Crippen molar-refractivity contribution in [1.82, 2.24) is 10.6 Å². The summed E-state index contributed by atoms with van der Waals surface area (Å²) in [5.41, 5.74) is 0. The van der Waals surface area contributed by atoms with Crippen LogP contribution in [0, 0.1) is 0 Å². The molecule has 112 valence electrons. The molecule has 3 N–H and O–H groups in total. The number of hydrogen-bond acceptors (Lipinski definition) is 3. The second-order valence-electron chi connectivity index (χ2n) is 4.96. The molecule has 0 unspecified atom stereocenters. The van der Waals surface area contributed by atoms with Gasteiger partial charge in [-0.3, -0.25) is 4.99 Å². The van der Waals surface area contributed by atoms with Crippen molar-refractivity contribution in [2.75, 3.05) is 26.3 Å². The van der Waals surface area contributed by atoms with E-state index in [0.29, 0.717) is 6.04 Å². The van der Waals surface area contributed by atoms with Crippen LogP contribution in [0.25, 0.3) is 0 Å². The number of rotatable bonds is 7. The maximum atomic E-state index is 9.50. The van der Waals surface area contributed by atoms with E-state index in [0.717, 1.165) is 64.4 Å². The minimum Gasteiger partial charge on any atom is -0.393 e. The van der Waals surface area contributed by atoms with Gasteiger partial charge >= 0.3 is 0 Å². The van der Waals surface area contributed by atoms with Gasteiger partial charge in [-0.05, 0) is 46.0 Å². The summed E-state index contributed by atoms with van der Waals surface area (Å²) < 4.78 is 5.30. The normalized spacial score (nSPS) is 24.3. The lowest BCUT2D eigenvalue weighted by atomic mass is 9.93. The SMILES string of the molecule is CCNC(=NCCCOCC)NC1CCC(O)CC1. The molecule has 0 bridgehead atoms. The fraction of sp³-hybridized carbons (Fsp3) is 0.929. The van der Waals surface area contributed by atoms with Gasteiger partial charge < -0.3 is 20.5 Å². The van der Waals surface area contributed by atoms with Crippen molar-refractivity contribution < 1.29 is 9.84 Å². The maximum absolute atomic E-state index is 9.50. The Morgan fingerprint density at radius 1 is 1.26 bits per heavy atom. The zero-order chi connectivity index (χ0) is 13.9.